The van der Waals surface area contributed by atoms with Gasteiger partial charge in [-0.15, -0.1) is 0 Å². The molecule has 7 nitrogen and oxygen atoms in total. The van der Waals surface area contributed by atoms with Crippen molar-refractivity contribution in [2.45, 2.75) is 188 Å². The van der Waals surface area contributed by atoms with E-state index in [2.05, 4.69) is 32.9 Å². The van der Waals surface area contributed by atoms with Crippen molar-refractivity contribution in [3.05, 3.63) is 12.2 Å². The van der Waals surface area contributed by atoms with E-state index in [1.165, 1.54) is 70.6 Å². The van der Waals surface area contributed by atoms with Crippen molar-refractivity contribution in [3.63, 3.8) is 0 Å². The minimum Gasteiger partial charge on any atom is -0.481 e. The molecule has 0 aromatic carbocycles. The number of rotatable bonds is 30. The standard InChI is InChI=1S/C18H34O4.C18H34O2.H3N/c1-3-5-15-21-17(19)13-11-9-7-8-10-12-14-18(20)22-16-6-4-2;1-2-3-4-5-6-7-8-9-10-11-12-13-14-15-16-17-18(19)20;/h3-16H2,1-2H3;9-10H,2-8,11-17H2,1H3,(H,19,20);1H3/b;10-9-;. The average Bonchev–Trinajstić information content (AvgIpc) is 2.97. The van der Waals surface area contributed by atoms with Crippen LogP contribution in [0.1, 0.15) is 188 Å². The maximum absolute atomic E-state index is 11.4. The summed E-state index contributed by atoms with van der Waals surface area (Å²) in [4.78, 5) is 33.0. The van der Waals surface area contributed by atoms with Crippen molar-refractivity contribution in [3.8, 4) is 0 Å². The Hall–Kier alpha value is -1.89. The summed E-state index contributed by atoms with van der Waals surface area (Å²) in [5.74, 6) is -0.797. The molecule has 0 bridgehead atoms. The highest BCUT2D eigenvalue weighted by Crippen LogP contribution is 2.11. The second-order valence-electron chi connectivity index (χ2n) is 11.5. The van der Waals surface area contributed by atoms with E-state index in [-0.39, 0.29) is 18.1 Å². The second-order valence-corrected chi connectivity index (χ2v) is 11.5. The molecule has 0 amide bonds. The van der Waals surface area contributed by atoms with E-state index in [0.29, 0.717) is 32.5 Å². The number of carboxylic acids is 1. The zero-order valence-electron chi connectivity index (χ0n) is 28.6. The number of carbonyl (C=O) groups excluding carboxylic acids is 2. The van der Waals surface area contributed by atoms with Crippen LogP contribution in [0, 0.1) is 0 Å². The topological polar surface area (TPSA) is 125 Å². The van der Waals surface area contributed by atoms with Gasteiger partial charge in [-0.1, -0.05) is 123 Å². The van der Waals surface area contributed by atoms with Crippen LogP contribution in [0.4, 0.5) is 0 Å². The molecule has 0 atom stereocenters. The van der Waals surface area contributed by atoms with Crippen LogP contribution in [0.5, 0.6) is 0 Å². The molecule has 0 rings (SSSR count). The smallest absolute Gasteiger partial charge is 0.305 e. The minimum atomic E-state index is -0.664. The summed E-state index contributed by atoms with van der Waals surface area (Å²) in [6.45, 7) is 7.54. The molecule has 0 fully saturated rings. The number of unbranched alkanes of at least 4 members (excludes halogenated alkanes) is 18. The van der Waals surface area contributed by atoms with Crippen LogP contribution in [0.2, 0.25) is 0 Å². The van der Waals surface area contributed by atoms with Gasteiger partial charge in [0.25, 0.3) is 0 Å². The lowest BCUT2D eigenvalue weighted by Crippen LogP contribution is -2.05. The predicted molar refractivity (Wildman–Crippen MR) is 181 cm³/mol. The molecule has 0 aliphatic heterocycles. The minimum absolute atomic E-state index is 0. The molecule has 0 saturated heterocycles. The van der Waals surface area contributed by atoms with Crippen LogP contribution in [0.15, 0.2) is 12.2 Å². The summed E-state index contributed by atoms with van der Waals surface area (Å²) >= 11 is 0. The number of allylic oxidation sites excluding steroid dienone is 2. The van der Waals surface area contributed by atoms with E-state index in [1.54, 1.807) is 0 Å². The highest BCUT2D eigenvalue weighted by atomic mass is 16.5. The monoisotopic (exact) mass is 614 g/mol. The van der Waals surface area contributed by atoms with Gasteiger partial charge >= 0.3 is 17.9 Å². The quantitative estimate of drug-likeness (QED) is 0.0469. The Labute approximate surface area is 265 Å². The number of carbonyl (C=O) groups is 3. The summed E-state index contributed by atoms with van der Waals surface area (Å²) in [6, 6.07) is 0. The van der Waals surface area contributed by atoms with Gasteiger partial charge in [0.1, 0.15) is 0 Å². The Balaban J connectivity index is -0.000000730. The molecule has 0 spiro atoms. The van der Waals surface area contributed by atoms with Crippen molar-refractivity contribution in [1.82, 2.24) is 6.15 Å². The Kier molecular flexibility index (Phi) is 42.5. The first-order chi connectivity index (χ1) is 20.5. The van der Waals surface area contributed by atoms with Gasteiger partial charge in [0, 0.05) is 19.3 Å². The Bertz CT molecular complexity index is 595. The molecule has 0 aromatic heterocycles. The first-order valence-corrected chi connectivity index (χ1v) is 17.7. The molecule has 0 aliphatic carbocycles. The van der Waals surface area contributed by atoms with Crippen LogP contribution in [-0.2, 0) is 23.9 Å². The van der Waals surface area contributed by atoms with Crippen molar-refractivity contribution in [1.29, 1.82) is 0 Å². The van der Waals surface area contributed by atoms with Gasteiger partial charge in [0.05, 0.1) is 13.2 Å². The number of aliphatic carboxylic acids is 1. The molecule has 0 heterocycles. The van der Waals surface area contributed by atoms with Crippen LogP contribution >= 0.6 is 0 Å². The summed E-state index contributed by atoms with van der Waals surface area (Å²) in [7, 11) is 0. The first kappa shape index (κ1) is 45.5. The molecule has 0 aliphatic rings. The van der Waals surface area contributed by atoms with Crippen molar-refractivity contribution in [2.24, 2.45) is 0 Å². The number of ether oxygens (including phenoxy) is 2. The zero-order valence-corrected chi connectivity index (χ0v) is 28.6. The lowest BCUT2D eigenvalue weighted by molar-refractivity contribution is -0.144. The van der Waals surface area contributed by atoms with Gasteiger partial charge in [0.15, 0.2) is 0 Å². The maximum Gasteiger partial charge on any atom is 0.305 e. The van der Waals surface area contributed by atoms with Gasteiger partial charge < -0.3 is 20.7 Å². The summed E-state index contributed by atoms with van der Waals surface area (Å²) < 4.78 is 10.2. The highest BCUT2D eigenvalue weighted by molar-refractivity contribution is 5.69. The molecular formula is C36H71NO6. The number of hydrogen-bond donors (Lipinski definition) is 2. The second kappa shape index (κ2) is 40.1. The molecule has 7 heteroatoms. The van der Waals surface area contributed by atoms with Crippen LogP contribution in [-0.4, -0.2) is 36.2 Å². The van der Waals surface area contributed by atoms with Crippen molar-refractivity contribution in [2.75, 3.05) is 13.2 Å². The molecule has 4 N–H and O–H groups in total. The normalized spacial score (nSPS) is 10.6. The van der Waals surface area contributed by atoms with E-state index in [4.69, 9.17) is 14.6 Å². The highest BCUT2D eigenvalue weighted by Gasteiger charge is 2.04. The summed E-state index contributed by atoms with van der Waals surface area (Å²) in [5, 5.41) is 8.51. The van der Waals surface area contributed by atoms with Gasteiger partial charge in [-0.25, -0.2) is 0 Å². The van der Waals surface area contributed by atoms with E-state index in [1.807, 2.05) is 0 Å². The Morgan fingerprint density at radius 3 is 1.16 bits per heavy atom. The summed E-state index contributed by atoms with van der Waals surface area (Å²) in [6.07, 6.45) is 32.5. The predicted octanol–water partition coefficient (Wildman–Crippen LogP) is 11.1. The van der Waals surface area contributed by atoms with Gasteiger partial charge in [-0.05, 0) is 57.8 Å². The summed E-state index contributed by atoms with van der Waals surface area (Å²) in [5.41, 5.74) is 0. The fourth-order valence-corrected chi connectivity index (χ4v) is 4.40. The molecule has 0 saturated carbocycles. The van der Waals surface area contributed by atoms with Gasteiger partial charge in [0.2, 0.25) is 0 Å². The van der Waals surface area contributed by atoms with Crippen LogP contribution in [0.3, 0.4) is 0 Å². The van der Waals surface area contributed by atoms with E-state index in [0.717, 1.165) is 77.0 Å². The van der Waals surface area contributed by atoms with Gasteiger partial charge in [-0.3, -0.25) is 14.4 Å². The molecule has 0 unspecified atom stereocenters. The number of carboxylic acid groups (broad SMARTS) is 1. The fraction of sp³-hybridized carbons (Fsp3) is 0.861. The Morgan fingerprint density at radius 1 is 0.465 bits per heavy atom. The number of esters is 2. The fourth-order valence-electron chi connectivity index (χ4n) is 4.40. The van der Waals surface area contributed by atoms with Crippen LogP contribution < -0.4 is 6.15 Å². The molecule has 43 heavy (non-hydrogen) atoms. The third-order valence-electron chi connectivity index (χ3n) is 7.19. The average molecular weight is 614 g/mol. The Morgan fingerprint density at radius 2 is 0.791 bits per heavy atom. The first-order valence-electron chi connectivity index (χ1n) is 17.7. The van der Waals surface area contributed by atoms with Crippen molar-refractivity contribution >= 4 is 17.9 Å². The third kappa shape index (κ3) is 44.7. The third-order valence-corrected chi connectivity index (χ3v) is 7.19. The van der Waals surface area contributed by atoms with Crippen molar-refractivity contribution < 1.29 is 29.0 Å². The largest absolute Gasteiger partial charge is 0.481 e. The molecular weight excluding hydrogens is 542 g/mol. The molecule has 256 valence electrons. The van der Waals surface area contributed by atoms with E-state index < -0.39 is 5.97 Å². The lowest BCUT2D eigenvalue weighted by Gasteiger charge is -2.05. The molecule has 0 radical (unpaired) electrons. The van der Waals surface area contributed by atoms with Crippen LogP contribution in [0.25, 0.3) is 0 Å². The van der Waals surface area contributed by atoms with E-state index in [9.17, 15) is 14.4 Å². The SMILES string of the molecule is CCCCCCCC/C=C\CCCCCCCC(=O)O.CCCCOC(=O)CCCCCCCCC(=O)OCCCC.N. The maximum atomic E-state index is 11.4. The number of hydrogen-bond acceptors (Lipinski definition) is 6. The lowest BCUT2D eigenvalue weighted by atomic mass is 10.1. The molecule has 0 aromatic rings. The van der Waals surface area contributed by atoms with E-state index >= 15 is 0 Å². The van der Waals surface area contributed by atoms with Gasteiger partial charge in [-0.2, -0.15) is 0 Å². The zero-order chi connectivity index (χ0) is 31.4.